The lowest BCUT2D eigenvalue weighted by molar-refractivity contribution is -0.197. The second kappa shape index (κ2) is 12.6. The van der Waals surface area contributed by atoms with Crippen LogP contribution in [0.1, 0.15) is 27.9 Å². The number of hydrogen-bond acceptors (Lipinski definition) is 6. The van der Waals surface area contributed by atoms with Gasteiger partial charge in [0.1, 0.15) is 12.2 Å². The highest BCUT2D eigenvalue weighted by atomic mass is 16.7. The summed E-state index contributed by atoms with van der Waals surface area (Å²) in [5, 5.41) is 0. The number of esters is 1. The number of carbonyl (C=O) groups is 1. The predicted octanol–water partition coefficient (Wildman–Crippen LogP) is 5.33. The van der Waals surface area contributed by atoms with Crippen molar-refractivity contribution in [1.29, 1.82) is 0 Å². The molecule has 3 aromatic carbocycles. The Morgan fingerprint density at radius 3 is 2.08 bits per heavy atom. The number of ether oxygens (including phenoxy) is 5. The molecule has 4 atom stereocenters. The topological polar surface area (TPSA) is 63.2 Å². The van der Waals surface area contributed by atoms with E-state index in [4.69, 9.17) is 23.7 Å². The average molecular weight is 489 g/mol. The normalized spacial score (nSPS) is 23.3. The van der Waals surface area contributed by atoms with Crippen LogP contribution in [0.5, 0.6) is 0 Å². The van der Waals surface area contributed by atoms with Crippen LogP contribution in [-0.4, -0.2) is 43.8 Å². The fourth-order valence-electron chi connectivity index (χ4n) is 4.44. The van der Waals surface area contributed by atoms with E-state index < -0.39 is 30.1 Å². The third kappa shape index (κ3) is 6.09. The van der Waals surface area contributed by atoms with Crippen molar-refractivity contribution in [2.75, 3.05) is 13.7 Å². The maximum Gasteiger partial charge on any atom is 0.338 e. The third-order valence-corrected chi connectivity index (χ3v) is 6.15. The van der Waals surface area contributed by atoms with Crippen molar-refractivity contribution in [2.45, 2.75) is 43.7 Å². The van der Waals surface area contributed by atoms with E-state index in [0.717, 1.165) is 11.1 Å². The standard InChI is InChI=1S/C30H32O6/c1-3-19-30(36-28(31)25-17-11-6-12-18-25)27(34-21-24-15-9-5-10-16-24)26(35-29(30)32-2)22-33-20-23-13-7-4-8-14-23/h3-18,26-27,29H,1,19-22H2,2H3/t26-,27-,29-,30-/m1/s1. The van der Waals surface area contributed by atoms with Gasteiger partial charge in [-0.05, 0) is 23.3 Å². The summed E-state index contributed by atoms with van der Waals surface area (Å²) in [4.78, 5) is 13.2. The Labute approximate surface area is 212 Å². The second-order valence-corrected chi connectivity index (χ2v) is 8.66. The molecule has 0 spiro atoms. The number of hydrogen-bond donors (Lipinski definition) is 0. The van der Waals surface area contributed by atoms with E-state index in [1.165, 1.54) is 7.11 Å². The van der Waals surface area contributed by atoms with E-state index in [-0.39, 0.29) is 13.0 Å². The molecule has 1 aliphatic rings. The third-order valence-electron chi connectivity index (χ3n) is 6.15. The zero-order chi connectivity index (χ0) is 25.2. The Kier molecular flexibility index (Phi) is 9.03. The van der Waals surface area contributed by atoms with Crippen molar-refractivity contribution in [1.82, 2.24) is 0 Å². The van der Waals surface area contributed by atoms with Crippen molar-refractivity contribution >= 4 is 5.97 Å². The highest BCUT2D eigenvalue weighted by Crippen LogP contribution is 2.41. The summed E-state index contributed by atoms with van der Waals surface area (Å²) >= 11 is 0. The fraction of sp³-hybridized carbons (Fsp3) is 0.300. The molecule has 6 nitrogen and oxygen atoms in total. The lowest BCUT2D eigenvalue weighted by atomic mass is 9.90. The Balaban J connectivity index is 1.59. The highest BCUT2D eigenvalue weighted by molar-refractivity contribution is 5.89. The minimum Gasteiger partial charge on any atom is -0.447 e. The Morgan fingerprint density at radius 2 is 1.50 bits per heavy atom. The summed E-state index contributed by atoms with van der Waals surface area (Å²) in [6.07, 6.45) is -0.0948. The molecule has 1 heterocycles. The van der Waals surface area contributed by atoms with Gasteiger partial charge in [0.25, 0.3) is 0 Å². The van der Waals surface area contributed by atoms with Gasteiger partial charge in [-0.15, -0.1) is 6.58 Å². The first-order chi connectivity index (χ1) is 17.7. The molecule has 0 bridgehead atoms. The Bertz CT molecular complexity index is 1090. The van der Waals surface area contributed by atoms with E-state index in [9.17, 15) is 4.79 Å². The van der Waals surface area contributed by atoms with Crippen LogP contribution in [0.25, 0.3) is 0 Å². The van der Waals surface area contributed by atoms with Gasteiger partial charge in [-0.25, -0.2) is 4.79 Å². The Morgan fingerprint density at radius 1 is 0.917 bits per heavy atom. The molecule has 0 aromatic heterocycles. The van der Waals surface area contributed by atoms with Crippen molar-refractivity contribution in [2.24, 2.45) is 0 Å². The summed E-state index contributed by atoms with van der Waals surface area (Å²) in [5.74, 6) is -0.484. The largest absolute Gasteiger partial charge is 0.447 e. The van der Waals surface area contributed by atoms with Crippen LogP contribution >= 0.6 is 0 Å². The van der Waals surface area contributed by atoms with Crippen LogP contribution in [0, 0.1) is 0 Å². The molecule has 0 radical (unpaired) electrons. The second-order valence-electron chi connectivity index (χ2n) is 8.66. The molecule has 4 rings (SSSR count). The van der Waals surface area contributed by atoms with Gasteiger partial charge in [-0.3, -0.25) is 0 Å². The molecule has 0 aliphatic carbocycles. The first kappa shape index (κ1) is 25.8. The number of benzene rings is 3. The zero-order valence-corrected chi connectivity index (χ0v) is 20.5. The average Bonchev–Trinajstić information content (AvgIpc) is 3.20. The molecule has 1 fully saturated rings. The fourth-order valence-corrected chi connectivity index (χ4v) is 4.44. The van der Waals surface area contributed by atoms with E-state index >= 15 is 0 Å². The van der Waals surface area contributed by atoms with Crippen LogP contribution in [0.2, 0.25) is 0 Å². The first-order valence-electron chi connectivity index (χ1n) is 12.0. The summed E-state index contributed by atoms with van der Waals surface area (Å²) in [6, 6.07) is 28.6. The van der Waals surface area contributed by atoms with Gasteiger partial charge < -0.3 is 23.7 Å². The van der Waals surface area contributed by atoms with E-state index in [2.05, 4.69) is 6.58 Å². The van der Waals surface area contributed by atoms with Crippen molar-refractivity contribution in [3.05, 3.63) is 120 Å². The van der Waals surface area contributed by atoms with Gasteiger partial charge in [0.2, 0.25) is 6.29 Å². The summed E-state index contributed by atoms with van der Waals surface area (Å²) in [5.41, 5.74) is 1.22. The smallest absolute Gasteiger partial charge is 0.338 e. The molecule has 0 unspecified atom stereocenters. The minimum absolute atomic E-state index is 0.232. The number of methoxy groups -OCH3 is 1. The van der Waals surface area contributed by atoms with Crippen LogP contribution < -0.4 is 0 Å². The quantitative estimate of drug-likeness (QED) is 0.254. The number of rotatable bonds is 12. The van der Waals surface area contributed by atoms with Crippen LogP contribution in [0.4, 0.5) is 0 Å². The minimum atomic E-state index is -1.25. The maximum absolute atomic E-state index is 13.2. The molecule has 0 amide bonds. The van der Waals surface area contributed by atoms with Gasteiger partial charge in [-0.2, -0.15) is 0 Å². The van der Waals surface area contributed by atoms with Crippen molar-refractivity contribution in [3.63, 3.8) is 0 Å². The van der Waals surface area contributed by atoms with Gasteiger partial charge in [0.15, 0.2) is 5.60 Å². The van der Waals surface area contributed by atoms with Crippen LogP contribution in [0.15, 0.2) is 104 Å². The summed E-state index contributed by atoms with van der Waals surface area (Å²) < 4.78 is 30.6. The molecule has 6 heteroatoms. The first-order valence-corrected chi connectivity index (χ1v) is 12.0. The maximum atomic E-state index is 13.2. The van der Waals surface area contributed by atoms with E-state index in [1.54, 1.807) is 30.3 Å². The highest BCUT2D eigenvalue weighted by Gasteiger charge is 2.60. The molecule has 0 N–H and O–H groups in total. The summed E-state index contributed by atoms with van der Waals surface area (Å²) in [6.45, 7) is 4.87. The zero-order valence-electron chi connectivity index (χ0n) is 20.5. The Hall–Kier alpha value is -3.29. The molecule has 36 heavy (non-hydrogen) atoms. The van der Waals surface area contributed by atoms with Crippen LogP contribution in [0.3, 0.4) is 0 Å². The number of carbonyl (C=O) groups excluding carboxylic acids is 1. The molecule has 1 aliphatic heterocycles. The van der Waals surface area contributed by atoms with E-state index in [1.807, 2.05) is 66.7 Å². The SMILES string of the molecule is C=CC[C@]1(OC(=O)c2ccccc2)[C@H](OC)O[C@H](COCc2ccccc2)[C@H]1OCc1ccccc1. The lowest BCUT2D eigenvalue weighted by Gasteiger charge is -2.36. The van der Waals surface area contributed by atoms with E-state index in [0.29, 0.717) is 18.8 Å². The van der Waals surface area contributed by atoms with Gasteiger partial charge in [0, 0.05) is 13.5 Å². The van der Waals surface area contributed by atoms with Crippen molar-refractivity contribution in [3.8, 4) is 0 Å². The molecule has 0 saturated carbocycles. The molecule has 1 saturated heterocycles. The predicted molar refractivity (Wildman–Crippen MR) is 136 cm³/mol. The monoisotopic (exact) mass is 488 g/mol. The van der Waals surface area contributed by atoms with Gasteiger partial charge in [-0.1, -0.05) is 84.9 Å². The lowest BCUT2D eigenvalue weighted by Crippen LogP contribution is -2.53. The van der Waals surface area contributed by atoms with Crippen molar-refractivity contribution < 1.29 is 28.5 Å². The molecule has 188 valence electrons. The molecular weight excluding hydrogens is 456 g/mol. The van der Waals surface area contributed by atoms with Gasteiger partial charge in [0.05, 0.1) is 25.4 Å². The molecule has 3 aromatic rings. The van der Waals surface area contributed by atoms with Crippen LogP contribution in [-0.2, 0) is 36.9 Å². The summed E-state index contributed by atoms with van der Waals surface area (Å²) in [7, 11) is 1.53. The van der Waals surface area contributed by atoms with Gasteiger partial charge >= 0.3 is 5.97 Å². The molecular formula is C30H32O6.